The zero-order chi connectivity index (χ0) is 18.2. The topological polar surface area (TPSA) is 53.3 Å². The quantitative estimate of drug-likeness (QED) is 0.359. The summed E-state index contributed by atoms with van der Waals surface area (Å²) in [7, 11) is -1.63. The minimum atomic E-state index is -1.63. The Hall–Kier alpha value is -1.40. The number of hydrogen-bond donors (Lipinski definition) is 0. The number of esters is 1. The molecule has 0 saturated heterocycles. The first-order valence-corrected chi connectivity index (χ1v) is 12.4. The van der Waals surface area contributed by atoms with Crippen LogP contribution in [0.25, 0.3) is 6.08 Å². The van der Waals surface area contributed by atoms with Crippen LogP contribution in [0.3, 0.4) is 0 Å². The highest BCUT2D eigenvalue weighted by atomic mass is 28.3. The van der Waals surface area contributed by atoms with E-state index in [4.69, 9.17) is 9.47 Å². The molecule has 0 amide bonds. The van der Waals surface area contributed by atoms with Crippen LogP contribution in [-0.2, 0) is 20.7 Å². The summed E-state index contributed by atoms with van der Waals surface area (Å²) in [6.07, 6.45) is 8.20. The van der Waals surface area contributed by atoms with E-state index in [0.717, 1.165) is 30.8 Å². The minimum Gasteiger partial charge on any atom is -0.463 e. The van der Waals surface area contributed by atoms with Gasteiger partial charge in [-0.3, -0.25) is 0 Å². The summed E-state index contributed by atoms with van der Waals surface area (Å²) < 4.78 is 13.3. The van der Waals surface area contributed by atoms with Crippen LogP contribution in [0, 0.1) is 0 Å². The van der Waals surface area contributed by atoms with Gasteiger partial charge in [0, 0.05) is 19.1 Å². The Kier molecular flexibility index (Phi) is 8.42. The minimum absolute atomic E-state index is 0.00120. The molecule has 1 aromatic heterocycles. The molecule has 6 heteroatoms. The Bertz CT molecular complexity index is 547. The molecule has 1 aromatic rings. The van der Waals surface area contributed by atoms with Gasteiger partial charge in [0.2, 0.25) is 0 Å². The summed E-state index contributed by atoms with van der Waals surface area (Å²) >= 11 is 0. The van der Waals surface area contributed by atoms with Crippen molar-refractivity contribution in [2.24, 2.45) is 0 Å². The van der Waals surface area contributed by atoms with Crippen molar-refractivity contribution >= 4 is 20.1 Å². The normalized spacial score (nSPS) is 13.4. The first-order chi connectivity index (χ1) is 11.3. The van der Waals surface area contributed by atoms with E-state index in [0.29, 0.717) is 13.2 Å². The Morgan fingerprint density at radius 3 is 2.54 bits per heavy atom. The summed E-state index contributed by atoms with van der Waals surface area (Å²) in [6, 6.07) is 0. The van der Waals surface area contributed by atoms with Gasteiger partial charge in [-0.2, -0.15) is 0 Å². The number of unbranched alkanes of at least 4 members (excludes halogenated alkanes) is 1. The van der Waals surface area contributed by atoms with Crippen LogP contribution >= 0.6 is 0 Å². The maximum absolute atomic E-state index is 11.6. The molecule has 0 aliphatic heterocycles. The summed E-state index contributed by atoms with van der Waals surface area (Å²) in [5, 5.41) is 0. The van der Waals surface area contributed by atoms with Gasteiger partial charge in [0.05, 0.1) is 18.5 Å². The lowest BCUT2D eigenvalue weighted by atomic mass is 10.2. The van der Waals surface area contributed by atoms with Crippen molar-refractivity contribution in [1.29, 1.82) is 0 Å². The van der Waals surface area contributed by atoms with Gasteiger partial charge < -0.3 is 14.0 Å². The summed E-state index contributed by atoms with van der Waals surface area (Å²) in [5.74, 6) is 0.696. The van der Waals surface area contributed by atoms with Gasteiger partial charge in [-0.25, -0.2) is 9.78 Å². The molecule has 5 nitrogen and oxygen atoms in total. The second-order valence-corrected chi connectivity index (χ2v) is 12.1. The van der Waals surface area contributed by atoms with Gasteiger partial charge in [0.1, 0.15) is 19.7 Å². The molecule has 1 heterocycles. The Morgan fingerprint density at radius 1 is 1.29 bits per heavy atom. The van der Waals surface area contributed by atoms with E-state index < -0.39 is 8.07 Å². The number of aromatic nitrogens is 2. The molecule has 0 bridgehead atoms. The van der Waals surface area contributed by atoms with Gasteiger partial charge >= 0.3 is 5.97 Å². The van der Waals surface area contributed by atoms with Crippen molar-refractivity contribution in [3.63, 3.8) is 0 Å². The monoisotopic (exact) mass is 352 g/mol. The van der Waals surface area contributed by atoms with Crippen LogP contribution in [-0.4, -0.2) is 36.8 Å². The summed E-state index contributed by atoms with van der Waals surface area (Å²) in [6.45, 7) is 13.9. The first kappa shape index (κ1) is 20.6. The number of rotatable bonds is 10. The van der Waals surface area contributed by atoms with Crippen LogP contribution in [0.2, 0.25) is 19.6 Å². The maximum Gasteiger partial charge on any atom is 0.330 e. The van der Waals surface area contributed by atoms with Crippen LogP contribution in [0.5, 0.6) is 0 Å². The van der Waals surface area contributed by atoms with Crippen molar-refractivity contribution in [3.05, 3.63) is 23.8 Å². The van der Waals surface area contributed by atoms with Crippen molar-refractivity contribution in [1.82, 2.24) is 9.55 Å². The van der Waals surface area contributed by atoms with Gasteiger partial charge in [-0.15, -0.1) is 0 Å². The predicted molar refractivity (Wildman–Crippen MR) is 101 cm³/mol. The summed E-state index contributed by atoms with van der Waals surface area (Å²) in [5.41, 5.74) is 0.898. The molecule has 1 rings (SSSR count). The van der Waals surface area contributed by atoms with E-state index in [1.165, 1.54) is 6.08 Å². The molecule has 136 valence electrons. The number of hydrogen-bond acceptors (Lipinski definition) is 4. The zero-order valence-electron chi connectivity index (χ0n) is 16.0. The molecule has 0 aliphatic carbocycles. The van der Waals surface area contributed by atoms with Crippen molar-refractivity contribution in [3.8, 4) is 0 Å². The molecule has 1 atom stereocenters. The molecule has 0 radical (unpaired) electrons. The molecular formula is C18H32N2O3Si. The molecular weight excluding hydrogens is 320 g/mol. The van der Waals surface area contributed by atoms with Gasteiger partial charge in [0.25, 0.3) is 0 Å². The zero-order valence-corrected chi connectivity index (χ0v) is 17.0. The fourth-order valence-electron chi connectivity index (χ4n) is 2.54. The van der Waals surface area contributed by atoms with Crippen LogP contribution in [0.1, 0.15) is 51.0 Å². The van der Waals surface area contributed by atoms with Crippen molar-refractivity contribution < 1.29 is 14.3 Å². The highest BCUT2D eigenvalue weighted by Crippen LogP contribution is 2.27. The average molecular weight is 353 g/mol. The second-order valence-electron chi connectivity index (χ2n) is 6.83. The number of nitrogens with zero attached hydrogens (tertiary/aromatic N) is 2. The molecule has 0 saturated carbocycles. The molecule has 24 heavy (non-hydrogen) atoms. The van der Waals surface area contributed by atoms with E-state index in [9.17, 15) is 4.79 Å². The molecule has 0 aromatic carbocycles. The molecule has 0 fully saturated rings. The largest absolute Gasteiger partial charge is 0.463 e. The number of carbonyl (C=O) groups excluding carboxylic acids is 1. The molecule has 0 aliphatic rings. The first-order valence-electron chi connectivity index (χ1n) is 8.87. The third-order valence-corrected chi connectivity index (χ3v) is 5.54. The second kappa shape index (κ2) is 9.79. The van der Waals surface area contributed by atoms with E-state index in [1.807, 2.05) is 13.1 Å². The smallest absolute Gasteiger partial charge is 0.330 e. The lowest BCUT2D eigenvalue weighted by molar-refractivity contribution is -0.137. The number of ether oxygens (including phenoxy) is 2. The third-order valence-electron chi connectivity index (χ3n) is 3.63. The maximum atomic E-state index is 11.6. The Balaban J connectivity index is 3.24. The molecule has 0 N–H and O–H groups in total. The number of aryl methyl sites for hydroxylation is 1. The van der Waals surface area contributed by atoms with Crippen LogP contribution in [0.15, 0.2) is 12.3 Å². The lowest BCUT2D eigenvalue weighted by Gasteiger charge is -2.32. The van der Waals surface area contributed by atoms with E-state index in [2.05, 4.69) is 36.1 Å². The number of imidazole rings is 1. The SMILES string of the molecule is CCCCc1ncc(/C=C\C(=O)OCC)n1C(OCC)[Si](C)(C)C. The molecule has 0 spiro atoms. The van der Waals surface area contributed by atoms with Crippen molar-refractivity contribution in [2.45, 2.75) is 65.5 Å². The average Bonchev–Trinajstić information content (AvgIpc) is 2.90. The third kappa shape index (κ3) is 5.91. The standard InChI is InChI=1S/C18H32N2O3Si/c1-7-10-11-16-19-14-15(12-13-17(21)22-8-2)20(16)18(23-9-3)24(4,5)6/h12-14,18H,7-11H2,1-6H3/b13-12-. The van der Waals surface area contributed by atoms with Crippen molar-refractivity contribution in [2.75, 3.05) is 13.2 Å². The number of carbonyl (C=O) groups is 1. The highest BCUT2D eigenvalue weighted by molar-refractivity contribution is 6.76. The fourth-order valence-corrected chi connectivity index (χ4v) is 4.28. The Morgan fingerprint density at radius 2 is 2.00 bits per heavy atom. The predicted octanol–water partition coefficient (Wildman–Crippen LogP) is 4.21. The van der Waals surface area contributed by atoms with Gasteiger partial charge in [0.15, 0.2) is 0 Å². The van der Waals surface area contributed by atoms with E-state index in [-0.39, 0.29) is 11.8 Å². The van der Waals surface area contributed by atoms with E-state index >= 15 is 0 Å². The van der Waals surface area contributed by atoms with Crippen LogP contribution < -0.4 is 0 Å². The highest BCUT2D eigenvalue weighted by Gasteiger charge is 2.31. The molecule has 1 unspecified atom stereocenters. The van der Waals surface area contributed by atoms with E-state index in [1.54, 1.807) is 13.0 Å². The summed E-state index contributed by atoms with van der Waals surface area (Å²) in [4.78, 5) is 16.2. The Labute approximate surface area is 147 Å². The van der Waals surface area contributed by atoms with Gasteiger partial charge in [-0.05, 0) is 26.3 Å². The lowest BCUT2D eigenvalue weighted by Crippen LogP contribution is -2.38. The fraction of sp³-hybridized carbons (Fsp3) is 0.667. The van der Waals surface area contributed by atoms with Gasteiger partial charge in [-0.1, -0.05) is 33.0 Å². The van der Waals surface area contributed by atoms with Crippen LogP contribution in [0.4, 0.5) is 0 Å².